The fourth-order valence-corrected chi connectivity index (χ4v) is 3.84. The lowest BCUT2D eigenvalue weighted by Crippen LogP contribution is -2.54. The van der Waals surface area contributed by atoms with Gasteiger partial charge in [-0.05, 0) is 86.0 Å². The van der Waals surface area contributed by atoms with Gasteiger partial charge in [-0.2, -0.15) is 0 Å². The summed E-state index contributed by atoms with van der Waals surface area (Å²) in [6.45, 7) is 5.70. The Balaban J connectivity index is 1.70. The Bertz CT molecular complexity index is 1250. The molecule has 0 radical (unpaired) electrons. The quantitative estimate of drug-likeness (QED) is 0.501. The number of benzene rings is 2. The van der Waals surface area contributed by atoms with E-state index in [4.69, 9.17) is 4.74 Å². The third-order valence-corrected chi connectivity index (χ3v) is 5.26. The Morgan fingerprint density at radius 2 is 1.53 bits per heavy atom. The van der Waals surface area contributed by atoms with Crippen LogP contribution in [0.15, 0.2) is 60.3 Å². The molecular formula is C25H23N3O4. The van der Waals surface area contributed by atoms with E-state index >= 15 is 0 Å². The van der Waals surface area contributed by atoms with Crippen LogP contribution in [0.1, 0.15) is 22.4 Å². The molecular weight excluding hydrogens is 406 g/mol. The van der Waals surface area contributed by atoms with Crippen LogP contribution >= 0.6 is 0 Å². The number of urea groups is 1. The Morgan fingerprint density at radius 3 is 2.16 bits per heavy atom. The summed E-state index contributed by atoms with van der Waals surface area (Å²) in [6, 6.07) is 14.1. The van der Waals surface area contributed by atoms with Crippen LogP contribution in [0.2, 0.25) is 0 Å². The van der Waals surface area contributed by atoms with Gasteiger partial charge in [-0.15, -0.1) is 0 Å². The standard InChI is InChI=1S/C25H23N3O4/c1-15-9-16(2)11-20(10-15)28-24(30)22(23(29)26-25(28)31)13-18-12-17(3)27(14-18)19-5-7-21(32-4)8-6-19/h5-14H,1-4H3,(H,26,29,31)/b22-13-. The highest BCUT2D eigenvalue weighted by atomic mass is 16.5. The van der Waals surface area contributed by atoms with E-state index in [0.717, 1.165) is 33.2 Å². The molecule has 1 saturated heterocycles. The first-order chi connectivity index (χ1) is 15.3. The van der Waals surface area contributed by atoms with Crippen LogP contribution in [0.3, 0.4) is 0 Å². The zero-order chi connectivity index (χ0) is 23.0. The minimum Gasteiger partial charge on any atom is -0.497 e. The van der Waals surface area contributed by atoms with Crippen LogP contribution in [0.4, 0.5) is 10.5 Å². The Kier molecular flexibility index (Phi) is 5.40. The number of aromatic nitrogens is 1. The molecule has 0 unspecified atom stereocenters. The van der Waals surface area contributed by atoms with Crippen LogP contribution in [0.5, 0.6) is 5.75 Å². The number of aryl methyl sites for hydroxylation is 3. The van der Waals surface area contributed by atoms with Crippen LogP contribution in [0, 0.1) is 20.8 Å². The molecule has 1 fully saturated rings. The number of nitrogens with one attached hydrogen (secondary N) is 1. The summed E-state index contributed by atoms with van der Waals surface area (Å²) in [5.74, 6) is -0.615. The lowest BCUT2D eigenvalue weighted by molar-refractivity contribution is -0.122. The molecule has 1 aliphatic heterocycles. The van der Waals surface area contributed by atoms with Gasteiger partial charge in [-0.1, -0.05) is 6.07 Å². The van der Waals surface area contributed by atoms with Gasteiger partial charge in [0, 0.05) is 17.6 Å². The number of nitrogens with zero attached hydrogens (tertiary/aromatic N) is 2. The number of amides is 4. The number of hydrogen-bond acceptors (Lipinski definition) is 4. The van der Waals surface area contributed by atoms with Crippen molar-refractivity contribution in [3.63, 3.8) is 0 Å². The van der Waals surface area contributed by atoms with Crippen LogP contribution < -0.4 is 15.0 Å². The minimum atomic E-state index is -0.755. The summed E-state index contributed by atoms with van der Waals surface area (Å²) < 4.78 is 7.15. The number of barbiturate groups is 1. The third-order valence-electron chi connectivity index (χ3n) is 5.26. The highest BCUT2D eigenvalue weighted by Crippen LogP contribution is 2.25. The molecule has 0 atom stereocenters. The predicted octanol–water partition coefficient (Wildman–Crippen LogP) is 4.08. The van der Waals surface area contributed by atoms with E-state index < -0.39 is 17.8 Å². The van der Waals surface area contributed by atoms with Crippen molar-refractivity contribution in [2.45, 2.75) is 20.8 Å². The molecule has 2 heterocycles. The van der Waals surface area contributed by atoms with E-state index in [2.05, 4.69) is 5.32 Å². The second-order valence-corrected chi connectivity index (χ2v) is 7.79. The Morgan fingerprint density at radius 1 is 0.875 bits per heavy atom. The normalized spacial score (nSPS) is 15.3. The van der Waals surface area contributed by atoms with Gasteiger partial charge >= 0.3 is 6.03 Å². The molecule has 32 heavy (non-hydrogen) atoms. The number of anilines is 1. The highest BCUT2D eigenvalue weighted by molar-refractivity contribution is 6.39. The summed E-state index contributed by atoms with van der Waals surface area (Å²) in [5.41, 5.74) is 4.66. The monoisotopic (exact) mass is 429 g/mol. The highest BCUT2D eigenvalue weighted by Gasteiger charge is 2.37. The molecule has 2 aromatic carbocycles. The Hall–Kier alpha value is -4.13. The van der Waals surface area contributed by atoms with Crippen LogP contribution in [-0.4, -0.2) is 29.5 Å². The van der Waals surface area contributed by atoms with E-state index in [-0.39, 0.29) is 5.57 Å². The van der Waals surface area contributed by atoms with Gasteiger partial charge in [0.25, 0.3) is 11.8 Å². The van der Waals surface area contributed by atoms with Gasteiger partial charge < -0.3 is 9.30 Å². The number of imide groups is 2. The topological polar surface area (TPSA) is 80.6 Å². The fourth-order valence-electron chi connectivity index (χ4n) is 3.84. The van der Waals surface area contributed by atoms with E-state index in [9.17, 15) is 14.4 Å². The van der Waals surface area contributed by atoms with Crippen molar-refractivity contribution in [1.29, 1.82) is 0 Å². The summed E-state index contributed by atoms with van der Waals surface area (Å²) >= 11 is 0. The molecule has 0 saturated carbocycles. The van der Waals surface area contributed by atoms with E-state index in [1.54, 1.807) is 19.2 Å². The molecule has 7 nitrogen and oxygen atoms in total. The van der Waals surface area contributed by atoms with E-state index in [0.29, 0.717) is 11.3 Å². The van der Waals surface area contributed by atoms with Crippen LogP contribution in [-0.2, 0) is 9.59 Å². The lowest BCUT2D eigenvalue weighted by Gasteiger charge is -2.26. The Labute approximate surface area is 185 Å². The number of methoxy groups -OCH3 is 1. The molecule has 1 N–H and O–H groups in total. The number of ether oxygens (including phenoxy) is 1. The van der Waals surface area contributed by atoms with Crippen molar-refractivity contribution < 1.29 is 19.1 Å². The van der Waals surface area contributed by atoms with Crippen LogP contribution in [0.25, 0.3) is 11.8 Å². The van der Waals surface area contributed by atoms with E-state index in [1.807, 2.05) is 67.9 Å². The van der Waals surface area contributed by atoms with Crippen molar-refractivity contribution in [3.05, 3.63) is 82.7 Å². The first kappa shape index (κ1) is 21.1. The minimum absolute atomic E-state index is 0.101. The summed E-state index contributed by atoms with van der Waals surface area (Å²) in [7, 11) is 1.61. The van der Waals surface area contributed by atoms with Gasteiger partial charge in [0.1, 0.15) is 11.3 Å². The van der Waals surface area contributed by atoms with Gasteiger partial charge in [0.2, 0.25) is 0 Å². The van der Waals surface area contributed by atoms with Crippen molar-refractivity contribution in [2.24, 2.45) is 0 Å². The molecule has 7 heteroatoms. The molecule has 0 bridgehead atoms. The predicted molar refractivity (Wildman–Crippen MR) is 122 cm³/mol. The van der Waals surface area contributed by atoms with Crippen molar-refractivity contribution >= 4 is 29.6 Å². The summed E-state index contributed by atoms with van der Waals surface area (Å²) in [4.78, 5) is 39.1. The zero-order valence-electron chi connectivity index (χ0n) is 18.3. The first-order valence-corrected chi connectivity index (χ1v) is 10.1. The number of carbonyl (C=O) groups is 3. The number of carbonyl (C=O) groups excluding carboxylic acids is 3. The summed E-state index contributed by atoms with van der Waals surface area (Å²) in [5, 5.41) is 2.27. The van der Waals surface area contributed by atoms with Gasteiger partial charge in [-0.25, -0.2) is 9.69 Å². The smallest absolute Gasteiger partial charge is 0.335 e. The first-order valence-electron chi connectivity index (χ1n) is 10.1. The molecule has 1 aliphatic rings. The largest absolute Gasteiger partial charge is 0.497 e. The second kappa shape index (κ2) is 8.19. The molecule has 0 aliphatic carbocycles. The van der Waals surface area contributed by atoms with Crippen molar-refractivity contribution in [3.8, 4) is 11.4 Å². The van der Waals surface area contributed by atoms with Crippen molar-refractivity contribution in [1.82, 2.24) is 9.88 Å². The third kappa shape index (κ3) is 3.92. The average Bonchev–Trinajstić information content (AvgIpc) is 3.10. The molecule has 162 valence electrons. The fraction of sp³-hybridized carbons (Fsp3) is 0.160. The maximum Gasteiger partial charge on any atom is 0.335 e. The van der Waals surface area contributed by atoms with E-state index in [1.165, 1.54) is 6.08 Å². The molecule has 4 rings (SSSR count). The SMILES string of the molecule is COc1ccc(-n2cc(/C=C3/C(=O)NC(=O)N(c4cc(C)cc(C)c4)C3=O)cc2C)cc1. The molecule has 1 aromatic heterocycles. The summed E-state index contributed by atoms with van der Waals surface area (Å²) in [6.07, 6.45) is 3.34. The maximum atomic E-state index is 13.2. The molecule has 4 amide bonds. The van der Waals surface area contributed by atoms with Gasteiger partial charge in [0.05, 0.1) is 12.8 Å². The molecule has 3 aromatic rings. The zero-order valence-corrected chi connectivity index (χ0v) is 18.3. The second-order valence-electron chi connectivity index (χ2n) is 7.79. The maximum absolute atomic E-state index is 13.2. The van der Waals surface area contributed by atoms with Gasteiger partial charge in [-0.3, -0.25) is 14.9 Å². The van der Waals surface area contributed by atoms with Gasteiger partial charge in [0.15, 0.2) is 0 Å². The number of rotatable bonds is 4. The van der Waals surface area contributed by atoms with Crippen molar-refractivity contribution in [2.75, 3.05) is 12.0 Å². The molecule has 0 spiro atoms. The average molecular weight is 429 g/mol. The lowest BCUT2D eigenvalue weighted by atomic mass is 10.1. The number of hydrogen-bond donors (Lipinski definition) is 1.